The van der Waals surface area contributed by atoms with Crippen LogP contribution in [-0.4, -0.2) is 38.6 Å². The number of benzene rings is 1. The maximum Gasteiger partial charge on any atom is 0.326 e. The second-order valence-electron chi connectivity index (χ2n) is 8.26. The van der Waals surface area contributed by atoms with Crippen LogP contribution >= 0.6 is 0 Å². The Kier molecular flexibility index (Phi) is 7.39. The van der Waals surface area contributed by atoms with Crippen molar-refractivity contribution in [1.82, 2.24) is 14.9 Å². The highest BCUT2D eigenvalue weighted by molar-refractivity contribution is 7.89. The molecule has 2 aliphatic heterocycles. The van der Waals surface area contributed by atoms with Gasteiger partial charge in [-0.3, -0.25) is 4.90 Å². The van der Waals surface area contributed by atoms with Crippen molar-refractivity contribution in [3.8, 4) is 6.07 Å². The van der Waals surface area contributed by atoms with E-state index in [0.29, 0.717) is 30.0 Å². The molecular weight excluding hydrogens is 428 g/mol. The first-order valence-electron chi connectivity index (χ1n) is 10.7. The highest BCUT2D eigenvalue weighted by Crippen LogP contribution is 2.35. The van der Waals surface area contributed by atoms with Crippen LogP contribution in [-0.2, 0) is 14.8 Å². The molecular formula is C23H30N4O4S. The Bertz CT molecular complexity index is 1080. The average Bonchev–Trinajstić information content (AvgIpc) is 2.76. The van der Waals surface area contributed by atoms with Gasteiger partial charge in [-0.1, -0.05) is 12.6 Å². The van der Waals surface area contributed by atoms with Crippen molar-refractivity contribution in [1.29, 1.82) is 5.26 Å². The fourth-order valence-corrected chi connectivity index (χ4v) is 5.47. The third kappa shape index (κ3) is 5.04. The Labute approximate surface area is 190 Å². The van der Waals surface area contributed by atoms with Gasteiger partial charge < -0.3 is 10.1 Å². The van der Waals surface area contributed by atoms with Crippen LogP contribution in [0.25, 0.3) is 0 Å². The number of urea groups is 1. The molecule has 2 heterocycles. The third-order valence-electron chi connectivity index (χ3n) is 5.97. The van der Waals surface area contributed by atoms with Crippen molar-refractivity contribution in [3.63, 3.8) is 0 Å². The molecule has 2 atom stereocenters. The Morgan fingerprint density at radius 1 is 1.38 bits per heavy atom. The molecule has 0 spiro atoms. The maximum absolute atomic E-state index is 13.2. The molecule has 172 valence electrons. The summed E-state index contributed by atoms with van der Waals surface area (Å²) in [5.41, 5.74) is 2.70. The monoisotopic (exact) mass is 458 g/mol. The van der Waals surface area contributed by atoms with Gasteiger partial charge in [-0.15, -0.1) is 0 Å². The summed E-state index contributed by atoms with van der Waals surface area (Å²) >= 11 is 0. The van der Waals surface area contributed by atoms with Gasteiger partial charge in [0.2, 0.25) is 10.0 Å². The normalized spacial score (nSPS) is 21.8. The minimum absolute atomic E-state index is 0.0117. The molecule has 8 nitrogen and oxygen atoms in total. The van der Waals surface area contributed by atoms with Crippen LogP contribution in [0.3, 0.4) is 0 Å². The van der Waals surface area contributed by atoms with E-state index in [1.807, 2.05) is 13.0 Å². The van der Waals surface area contributed by atoms with Crippen LogP contribution in [0.4, 0.5) is 4.79 Å². The first-order valence-corrected chi connectivity index (χ1v) is 12.2. The molecule has 1 unspecified atom stereocenters. The number of ether oxygens (including phenoxy) is 1. The Balaban J connectivity index is 1.92. The molecule has 1 aromatic rings. The van der Waals surface area contributed by atoms with E-state index in [1.54, 1.807) is 26.0 Å². The summed E-state index contributed by atoms with van der Waals surface area (Å²) < 4.78 is 34.8. The Morgan fingerprint density at radius 3 is 2.75 bits per heavy atom. The number of hydrogen-bond acceptors (Lipinski definition) is 5. The third-order valence-corrected chi connectivity index (χ3v) is 7.48. The van der Waals surface area contributed by atoms with Crippen LogP contribution in [0, 0.1) is 11.3 Å². The molecule has 3 rings (SSSR count). The number of amides is 2. The standard InChI is InChI=1S/C23H30N4O4S/c1-15(2)27-17(4)16(3)22(26-23(27)28)20-9-8-18(14-24)13-21(20)32(29,30)25-11-10-19-7-5-6-12-31-19/h8-9,13,19,22,25H,1,5-7,10-12H2,2-4H3,(H,26,28)/t19?,22-/m0/s1. The van der Waals surface area contributed by atoms with Gasteiger partial charge in [0.1, 0.15) is 0 Å². The molecule has 1 aromatic carbocycles. The van der Waals surface area contributed by atoms with Gasteiger partial charge in [0.25, 0.3) is 0 Å². The van der Waals surface area contributed by atoms with Crippen LogP contribution in [0.1, 0.15) is 63.6 Å². The minimum atomic E-state index is -3.92. The lowest BCUT2D eigenvalue weighted by molar-refractivity contribution is 0.0123. The quantitative estimate of drug-likeness (QED) is 0.647. The van der Waals surface area contributed by atoms with Crippen molar-refractivity contribution >= 4 is 16.1 Å². The summed E-state index contributed by atoms with van der Waals surface area (Å²) in [6, 6.07) is 5.49. The fourth-order valence-electron chi connectivity index (χ4n) is 4.15. The molecule has 1 saturated heterocycles. The Morgan fingerprint density at radius 2 is 2.12 bits per heavy atom. The van der Waals surface area contributed by atoms with Gasteiger partial charge in [0, 0.05) is 24.5 Å². The second-order valence-corrected chi connectivity index (χ2v) is 10.00. The number of nitrogens with zero attached hydrogens (tertiary/aromatic N) is 2. The minimum Gasteiger partial charge on any atom is -0.378 e. The summed E-state index contributed by atoms with van der Waals surface area (Å²) in [5.74, 6) is 0. The molecule has 0 bridgehead atoms. The second kappa shape index (κ2) is 9.86. The van der Waals surface area contributed by atoms with Gasteiger partial charge in [-0.25, -0.2) is 17.9 Å². The molecule has 0 saturated carbocycles. The zero-order valence-corrected chi connectivity index (χ0v) is 19.6. The average molecular weight is 459 g/mol. The Hall–Kier alpha value is -2.67. The summed E-state index contributed by atoms with van der Waals surface area (Å²) in [7, 11) is -3.92. The number of sulfonamides is 1. The number of carbonyl (C=O) groups excluding carboxylic acids is 1. The van der Waals surface area contributed by atoms with Crippen molar-refractivity contribution < 1.29 is 17.9 Å². The lowest BCUT2D eigenvalue weighted by Gasteiger charge is -2.36. The summed E-state index contributed by atoms with van der Waals surface area (Å²) in [5, 5.41) is 12.2. The van der Waals surface area contributed by atoms with E-state index in [1.165, 1.54) is 11.0 Å². The van der Waals surface area contributed by atoms with Crippen LogP contribution < -0.4 is 10.0 Å². The van der Waals surface area contributed by atoms with Crippen LogP contribution in [0.15, 0.2) is 46.6 Å². The molecule has 2 amide bonds. The van der Waals surface area contributed by atoms with Crippen molar-refractivity contribution in [2.24, 2.45) is 0 Å². The zero-order valence-electron chi connectivity index (χ0n) is 18.8. The lowest BCUT2D eigenvalue weighted by Crippen LogP contribution is -2.45. The highest BCUT2D eigenvalue weighted by atomic mass is 32.2. The predicted octanol–water partition coefficient (Wildman–Crippen LogP) is 3.69. The fraction of sp³-hybridized carbons (Fsp3) is 0.478. The topological polar surface area (TPSA) is 112 Å². The molecule has 0 aromatic heterocycles. The SMILES string of the molecule is C=C(C)N1C(=O)N[C@H](c2ccc(C#N)cc2S(=O)(=O)NCCC2CCCCO2)C(C)=C1C. The van der Waals surface area contributed by atoms with E-state index in [2.05, 4.69) is 16.6 Å². The van der Waals surface area contributed by atoms with Gasteiger partial charge in [-0.05, 0) is 69.7 Å². The molecule has 32 heavy (non-hydrogen) atoms. The first kappa shape index (κ1) is 24.0. The zero-order chi connectivity index (χ0) is 23.5. The van der Waals surface area contributed by atoms with E-state index >= 15 is 0 Å². The van der Waals surface area contributed by atoms with Gasteiger partial charge >= 0.3 is 6.03 Å². The largest absolute Gasteiger partial charge is 0.378 e. The number of allylic oxidation sites excluding steroid dienone is 2. The smallest absolute Gasteiger partial charge is 0.326 e. The highest BCUT2D eigenvalue weighted by Gasteiger charge is 2.33. The molecule has 0 aliphatic carbocycles. The molecule has 9 heteroatoms. The van der Waals surface area contributed by atoms with E-state index in [4.69, 9.17) is 4.74 Å². The molecule has 2 aliphatic rings. The van der Waals surface area contributed by atoms with Gasteiger partial charge in [-0.2, -0.15) is 5.26 Å². The first-order chi connectivity index (χ1) is 15.2. The number of nitrogens with one attached hydrogen (secondary N) is 2. The number of nitriles is 1. The van der Waals surface area contributed by atoms with E-state index in [-0.39, 0.29) is 29.1 Å². The maximum atomic E-state index is 13.2. The number of rotatable bonds is 7. The predicted molar refractivity (Wildman–Crippen MR) is 121 cm³/mol. The van der Waals surface area contributed by atoms with Crippen molar-refractivity contribution in [2.45, 2.75) is 63.5 Å². The molecule has 1 fully saturated rings. The van der Waals surface area contributed by atoms with Crippen LogP contribution in [0.5, 0.6) is 0 Å². The lowest BCUT2D eigenvalue weighted by atomic mass is 9.95. The van der Waals surface area contributed by atoms with E-state index in [0.717, 1.165) is 24.8 Å². The van der Waals surface area contributed by atoms with Gasteiger partial charge in [0.15, 0.2) is 0 Å². The summed E-state index contributed by atoms with van der Waals surface area (Å²) in [4.78, 5) is 14.1. The van der Waals surface area contributed by atoms with E-state index < -0.39 is 16.1 Å². The molecule has 2 N–H and O–H groups in total. The van der Waals surface area contributed by atoms with Gasteiger partial charge in [0.05, 0.1) is 28.7 Å². The van der Waals surface area contributed by atoms with Crippen LogP contribution in [0.2, 0.25) is 0 Å². The van der Waals surface area contributed by atoms with Crippen molar-refractivity contribution in [2.75, 3.05) is 13.2 Å². The number of hydrogen-bond donors (Lipinski definition) is 2. The molecule has 0 radical (unpaired) electrons. The van der Waals surface area contributed by atoms with E-state index in [9.17, 15) is 18.5 Å². The number of carbonyl (C=O) groups is 1. The van der Waals surface area contributed by atoms with Crippen molar-refractivity contribution in [3.05, 3.63) is 52.9 Å². The summed E-state index contributed by atoms with van der Waals surface area (Å²) in [6.07, 6.45) is 3.68. The summed E-state index contributed by atoms with van der Waals surface area (Å²) in [6.45, 7) is 10.2.